The minimum absolute atomic E-state index is 0.381. The summed E-state index contributed by atoms with van der Waals surface area (Å²) >= 11 is 11.9. The first-order valence-corrected chi connectivity index (χ1v) is 7.33. The van der Waals surface area contributed by atoms with Gasteiger partial charge in [0.25, 0.3) is 0 Å². The van der Waals surface area contributed by atoms with Crippen LogP contribution in [0, 0.1) is 0 Å². The molecule has 20 heavy (non-hydrogen) atoms. The van der Waals surface area contributed by atoms with Crippen molar-refractivity contribution in [2.75, 3.05) is 6.61 Å². The van der Waals surface area contributed by atoms with Gasteiger partial charge in [-0.3, -0.25) is 0 Å². The zero-order chi connectivity index (χ0) is 14.4. The van der Waals surface area contributed by atoms with Crippen LogP contribution in [0.15, 0.2) is 42.5 Å². The van der Waals surface area contributed by atoms with Gasteiger partial charge >= 0.3 is 0 Å². The summed E-state index contributed by atoms with van der Waals surface area (Å²) < 4.78 is 11.5. The maximum atomic E-state index is 5.96. The van der Waals surface area contributed by atoms with Gasteiger partial charge in [0.05, 0.1) is 12.5 Å². The Balaban J connectivity index is 2.19. The number of ether oxygens (including phenoxy) is 2. The second-order valence-corrected chi connectivity index (χ2v) is 4.93. The van der Waals surface area contributed by atoms with Crippen LogP contribution in [0.25, 0.3) is 0 Å². The first-order chi connectivity index (χ1) is 9.74. The van der Waals surface area contributed by atoms with Crippen LogP contribution in [-0.4, -0.2) is 6.61 Å². The van der Waals surface area contributed by atoms with E-state index in [9.17, 15) is 0 Å². The quantitative estimate of drug-likeness (QED) is 0.695. The lowest BCUT2D eigenvalue weighted by Crippen LogP contribution is -2.02. The maximum Gasteiger partial charge on any atom is 0.166 e. The number of hydrogen-bond donors (Lipinski definition) is 0. The van der Waals surface area contributed by atoms with Crippen LogP contribution in [0.5, 0.6) is 11.5 Å². The van der Waals surface area contributed by atoms with E-state index in [-0.39, 0.29) is 0 Å². The van der Waals surface area contributed by atoms with Crippen LogP contribution < -0.4 is 9.47 Å². The first-order valence-electron chi connectivity index (χ1n) is 6.42. The maximum absolute atomic E-state index is 5.96. The molecule has 0 N–H and O–H groups in total. The summed E-state index contributed by atoms with van der Waals surface area (Å²) in [6.07, 6.45) is 0. The lowest BCUT2D eigenvalue weighted by atomic mass is 10.2. The van der Waals surface area contributed by atoms with E-state index in [0.717, 1.165) is 11.1 Å². The number of benzene rings is 2. The molecule has 0 aliphatic rings. The van der Waals surface area contributed by atoms with E-state index in [1.165, 1.54) is 0 Å². The van der Waals surface area contributed by atoms with Gasteiger partial charge in [-0.1, -0.05) is 35.9 Å². The van der Waals surface area contributed by atoms with Gasteiger partial charge in [0.2, 0.25) is 0 Å². The van der Waals surface area contributed by atoms with Crippen molar-refractivity contribution in [1.82, 2.24) is 0 Å². The molecule has 0 atom stereocenters. The van der Waals surface area contributed by atoms with Crippen molar-refractivity contribution in [3.8, 4) is 11.5 Å². The molecule has 0 bridgehead atoms. The fraction of sp³-hybridized carbons (Fsp3) is 0.250. The molecular formula is C16H16Cl2O2. The fourth-order valence-corrected chi connectivity index (χ4v) is 2.31. The van der Waals surface area contributed by atoms with Gasteiger partial charge in [-0.15, -0.1) is 11.6 Å². The fourth-order valence-electron chi connectivity index (χ4n) is 1.88. The summed E-state index contributed by atoms with van der Waals surface area (Å²) in [5.74, 6) is 1.79. The number of halogens is 2. The average molecular weight is 311 g/mol. The van der Waals surface area contributed by atoms with Crippen LogP contribution >= 0.6 is 23.2 Å². The van der Waals surface area contributed by atoms with E-state index in [2.05, 4.69) is 0 Å². The van der Waals surface area contributed by atoms with Crippen molar-refractivity contribution >= 4 is 23.2 Å². The summed E-state index contributed by atoms with van der Waals surface area (Å²) in [5, 5.41) is 0.696. The Kier molecular flexibility index (Phi) is 5.57. The second kappa shape index (κ2) is 7.41. The molecule has 4 heteroatoms. The number of hydrogen-bond acceptors (Lipinski definition) is 2. The molecule has 0 amide bonds. The van der Waals surface area contributed by atoms with Gasteiger partial charge in [0.1, 0.15) is 6.61 Å². The van der Waals surface area contributed by atoms with Gasteiger partial charge in [-0.25, -0.2) is 0 Å². The zero-order valence-electron chi connectivity index (χ0n) is 11.2. The van der Waals surface area contributed by atoms with Crippen LogP contribution in [-0.2, 0) is 12.5 Å². The van der Waals surface area contributed by atoms with Crippen LogP contribution in [0.4, 0.5) is 0 Å². The topological polar surface area (TPSA) is 18.5 Å². The summed E-state index contributed by atoms with van der Waals surface area (Å²) in [5.41, 5.74) is 1.92. The van der Waals surface area contributed by atoms with E-state index in [1.807, 2.05) is 49.4 Å². The van der Waals surface area contributed by atoms with E-state index >= 15 is 0 Å². The molecule has 0 aromatic heterocycles. The largest absolute Gasteiger partial charge is 0.490 e. The van der Waals surface area contributed by atoms with E-state index in [0.29, 0.717) is 35.6 Å². The highest BCUT2D eigenvalue weighted by Crippen LogP contribution is 2.33. The van der Waals surface area contributed by atoms with Crippen molar-refractivity contribution in [3.63, 3.8) is 0 Å². The summed E-state index contributed by atoms with van der Waals surface area (Å²) in [7, 11) is 0. The highest BCUT2D eigenvalue weighted by Gasteiger charge is 2.10. The summed E-state index contributed by atoms with van der Waals surface area (Å²) in [6.45, 7) is 2.95. The minimum atomic E-state index is 0.381. The minimum Gasteiger partial charge on any atom is -0.490 e. The SMILES string of the molecule is CCOc1cccc(CCl)c1OCc1cccc(Cl)c1. The van der Waals surface area contributed by atoms with Gasteiger partial charge in [0.15, 0.2) is 11.5 Å². The smallest absolute Gasteiger partial charge is 0.166 e. The lowest BCUT2D eigenvalue weighted by molar-refractivity contribution is 0.267. The molecule has 2 aromatic rings. The summed E-state index contributed by atoms with van der Waals surface area (Å²) in [4.78, 5) is 0. The van der Waals surface area contributed by atoms with Crippen molar-refractivity contribution in [2.24, 2.45) is 0 Å². The Labute approximate surface area is 129 Å². The van der Waals surface area contributed by atoms with Crippen molar-refractivity contribution in [3.05, 3.63) is 58.6 Å². The van der Waals surface area contributed by atoms with Crippen molar-refractivity contribution in [2.45, 2.75) is 19.4 Å². The first kappa shape index (κ1) is 15.0. The molecule has 2 aromatic carbocycles. The van der Waals surface area contributed by atoms with Crippen LogP contribution in [0.3, 0.4) is 0 Å². The molecule has 0 aliphatic carbocycles. The Bertz CT molecular complexity index is 570. The van der Waals surface area contributed by atoms with E-state index in [4.69, 9.17) is 32.7 Å². The molecule has 0 radical (unpaired) electrons. The molecule has 0 spiro atoms. The molecule has 0 saturated carbocycles. The normalized spacial score (nSPS) is 10.3. The molecular weight excluding hydrogens is 295 g/mol. The van der Waals surface area contributed by atoms with E-state index in [1.54, 1.807) is 0 Å². The number of alkyl halides is 1. The Morgan fingerprint density at radius 3 is 2.55 bits per heavy atom. The predicted octanol–water partition coefficient (Wildman–Crippen LogP) is 5.06. The zero-order valence-corrected chi connectivity index (χ0v) is 12.7. The highest BCUT2D eigenvalue weighted by molar-refractivity contribution is 6.30. The van der Waals surface area contributed by atoms with Crippen LogP contribution in [0.2, 0.25) is 5.02 Å². The third kappa shape index (κ3) is 3.81. The van der Waals surface area contributed by atoms with Gasteiger partial charge in [0, 0.05) is 10.6 Å². The van der Waals surface area contributed by atoms with Crippen molar-refractivity contribution in [1.29, 1.82) is 0 Å². The second-order valence-electron chi connectivity index (χ2n) is 4.23. The third-order valence-corrected chi connectivity index (χ3v) is 3.30. The van der Waals surface area contributed by atoms with Gasteiger partial charge in [-0.2, -0.15) is 0 Å². The molecule has 0 aliphatic heterocycles. The Morgan fingerprint density at radius 1 is 1.05 bits per heavy atom. The molecule has 0 fully saturated rings. The number of para-hydroxylation sites is 1. The molecule has 2 rings (SSSR count). The third-order valence-electron chi connectivity index (χ3n) is 2.78. The molecule has 106 valence electrons. The monoisotopic (exact) mass is 310 g/mol. The Hall–Kier alpha value is -1.38. The standard InChI is InChI=1S/C16H16Cl2O2/c1-2-19-15-8-4-6-13(10-17)16(15)20-11-12-5-3-7-14(18)9-12/h3-9H,2,10-11H2,1H3. The number of rotatable bonds is 6. The highest BCUT2D eigenvalue weighted by atomic mass is 35.5. The summed E-state index contributed by atoms with van der Waals surface area (Å²) in [6, 6.07) is 13.3. The lowest BCUT2D eigenvalue weighted by Gasteiger charge is -2.15. The van der Waals surface area contributed by atoms with E-state index < -0.39 is 0 Å². The molecule has 2 nitrogen and oxygen atoms in total. The van der Waals surface area contributed by atoms with Crippen LogP contribution in [0.1, 0.15) is 18.1 Å². The van der Waals surface area contributed by atoms with Gasteiger partial charge in [-0.05, 0) is 30.7 Å². The molecule has 0 unspecified atom stereocenters. The predicted molar refractivity (Wildman–Crippen MR) is 83.0 cm³/mol. The molecule has 0 saturated heterocycles. The average Bonchev–Trinajstić information content (AvgIpc) is 2.46. The van der Waals surface area contributed by atoms with Crippen molar-refractivity contribution < 1.29 is 9.47 Å². The molecule has 0 heterocycles. The Morgan fingerprint density at radius 2 is 1.85 bits per heavy atom. The van der Waals surface area contributed by atoms with Gasteiger partial charge < -0.3 is 9.47 Å².